The van der Waals surface area contributed by atoms with Crippen molar-refractivity contribution in [3.05, 3.63) is 11.8 Å². The molecule has 0 saturated carbocycles. The van der Waals surface area contributed by atoms with Crippen LogP contribution in [0.5, 0.6) is 0 Å². The minimum atomic E-state index is -0.341. The molecular weight excluding hydrogens is 328 g/mol. The fourth-order valence-electron chi connectivity index (χ4n) is 2.75. The van der Waals surface area contributed by atoms with Gasteiger partial charge in [-0.25, -0.2) is 0 Å². The number of nitrogens with one attached hydrogen (secondary N) is 2. The van der Waals surface area contributed by atoms with Gasteiger partial charge in [0.25, 0.3) is 0 Å². The first-order valence-corrected chi connectivity index (χ1v) is 9.41. The van der Waals surface area contributed by atoms with Gasteiger partial charge in [-0.2, -0.15) is 0 Å². The lowest BCUT2D eigenvalue weighted by atomic mass is 10.2. The molecule has 0 spiro atoms. The van der Waals surface area contributed by atoms with Crippen molar-refractivity contribution in [1.29, 1.82) is 0 Å². The molecule has 1 aliphatic heterocycles. The molecule has 2 heterocycles. The molecule has 134 valence electrons. The molecule has 0 aromatic carbocycles. The molecule has 0 aliphatic carbocycles. The fraction of sp³-hybridized carbons (Fsp3) is 0.688. The van der Waals surface area contributed by atoms with Crippen LogP contribution in [0.3, 0.4) is 0 Å². The number of carbonyl (C=O) groups is 2. The molecule has 0 bridgehead atoms. The van der Waals surface area contributed by atoms with E-state index in [0.717, 1.165) is 19.5 Å². The Morgan fingerprint density at radius 2 is 2.33 bits per heavy atom. The number of anilines is 1. The second-order valence-electron chi connectivity index (χ2n) is 5.99. The van der Waals surface area contributed by atoms with E-state index in [4.69, 9.17) is 4.52 Å². The van der Waals surface area contributed by atoms with E-state index in [1.807, 2.05) is 0 Å². The van der Waals surface area contributed by atoms with Gasteiger partial charge >= 0.3 is 0 Å². The van der Waals surface area contributed by atoms with E-state index in [0.29, 0.717) is 24.2 Å². The van der Waals surface area contributed by atoms with Gasteiger partial charge in [0.05, 0.1) is 11.0 Å². The molecule has 1 saturated heterocycles. The molecule has 24 heavy (non-hydrogen) atoms. The largest absolute Gasteiger partial charge is 0.360 e. The summed E-state index contributed by atoms with van der Waals surface area (Å²) < 4.78 is 4.90. The molecule has 2 atom stereocenters. The average molecular weight is 354 g/mol. The highest BCUT2D eigenvalue weighted by Crippen LogP contribution is 2.16. The highest BCUT2D eigenvalue weighted by Gasteiger charge is 2.23. The van der Waals surface area contributed by atoms with Gasteiger partial charge in [0.1, 0.15) is 5.76 Å². The number of carbonyl (C=O) groups excluding carboxylic acids is 2. The summed E-state index contributed by atoms with van der Waals surface area (Å²) >= 11 is 1.31. The van der Waals surface area contributed by atoms with Crippen LogP contribution in [-0.2, 0) is 9.59 Å². The van der Waals surface area contributed by atoms with Crippen LogP contribution in [0, 0.1) is 6.92 Å². The van der Waals surface area contributed by atoms with Gasteiger partial charge < -0.3 is 15.2 Å². The predicted octanol–water partition coefficient (Wildman–Crippen LogP) is 1.64. The van der Waals surface area contributed by atoms with Gasteiger partial charge in [0.15, 0.2) is 5.82 Å². The third kappa shape index (κ3) is 5.52. The Morgan fingerprint density at radius 1 is 1.54 bits per heavy atom. The fourth-order valence-corrected chi connectivity index (χ4v) is 3.47. The maximum atomic E-state index is 12.0. The molecule has 1 aromatic heterocycles. The Hall–Kier alpha value is -1.54. The maximum absolute atomic E-state index is 12.0. The van der Waals surface area contributed by atoms with Gasteiger partial charge in [-0.1, -0.05) is 12.1 Å². The van der Waals surface area contributed by atoms with E-state index in [-0.39, 0.29) is 22.8 Å². The average Bonchev–Trinajstić information content (AvgIpc) is 3.18. The molecule has 8 heteroatoms. The number of rotatable bonds is 8. The van der Waals surface area contributed by atoms with E-state index in [1.165, 1.54) is 18.2 Å². The van der Waals surface area contributed by atoms with Crippen LogP contribution in [-0.4, -0.2) is 58.5 Å². The minimum absolute atomic E-state index is 0.0279. The van der Waals surface area contributed by atoms with Crippen LogP contribution in [0.2, 0.25) is 0 Å². The van der Waals surface area contributed by atoms with E-state index in [2.05, 4.69) is 27.6 Å². The molecule has 2 unspecified atom stereocenters. The van der Waals surface area contributed by atoms with Gasteiger partial charge in [-0.3, -0.25) is 14.5 Å². The second kappa shape index (κ2) is 9.08. The lowest BCUT2D eigenvalue weighted by Crippen LogP contribution is -2.40. The summed E-state index contributed by atoms with van der Waals surface area (Å²) in [6, 6.07) is 2.10. The molecule has 0 radical (unpaired) electrons. The Kier molecular flexibility index (Phi) is 7.11. The van der Waals surface area contributed by atoms with Crippen molar-refractivity contribution in [3.8, 4) is 0 Å². The van der Waals surface area contributed by atoms with Crippen LogP contribution >= 0.6 is 11.8 Å². The Morgan fingerprint density at radius 3 is 3.00 bits per heavy atom. The van der Waals surface area contributed by atoms with E-state index in [1.54, 1.807) is 19.9 Å². The molecule has 2 amide bonds. The third-order valence-electron chi connectivity index (χ3n) is 4.15. The number of hydrogen-bond acceptors (Lipinski definition) is 6. The molecule has 7 nitrogen and oxygen atoms in total. The lowest BCUT2D eigenvalue weighted by Gasteiger charge is -2.22. The first-order valence-electron chi connectivity index (χ1n) is 8.36. The van der Waals surface area contributed by atoms with Crippen molar-refractivity contribution in [2.75, 3.05) is 30.7 Å². The number of nitrogens with zero attached hydrogens (tertiary/aromatic N) is 2. The highest BCUT2D eigenvalue weighted by atomic mass is 32.2. The molecule has 1 fully saturated rings. The summed E-state index contributed by atoms with van der Waals surface area (Å²) in [6.45, 7) is 8.50. The summed E-state index contributed by atoms with van der Waals surface area (Å²) in [7, 11) is 0. The summed E-state index contributed by atoms with van der Waals surface area (Å²) in [4.78, 5) is 26.4. The Balaban J connectivity index is 1.66. The van der Waals surface area contributed by atoms with Crippen molar-refractivity contribution in [3.63, 3.8) is 0 Å². The molecule has 1 aliphatic rings. The topological polar surface area (TPSA) is 87.5 Å². The quantitative estimate of drug-likeness (QED) is 0.738. The second-order valence-corrected chi connectivity index (χ2v) is 7.32. The number of thioether (sulfide) groups is 1. The molecular formula is C16H26N4O3S. The SMILES string of the molecule is CCN1CCCC1CNC(=O)CSC(C)C(=O)Nc1cc(C)on1. The Bertz CT molecular complexity index is 563. The van der Waals surface area contributed by atoms with Gasteiger partial charge in [0, 0.05) is 18.7 Å². The summed E-state index contributed by atoms with van der Waals surface area (Å²) in [5.74, 6) is 1.09. The molecule has 1 aromatic rings. The first-order chi connectivity index (χ1) is 11.5. The molecule has 2 N–H and O–H groups in total. The van der Waals surface area contributed by atoms with Gasteiger partial charge in [-0.05, 0) is 39.8 Å². The Labute approximate surface area is 146 Å². The third-order valence-corrected chi connectivity index (χ3v) is 5.30. The zero-order valence-corrected chi connectivity index (χ0v) is 15.3. The van der Waals surface area contributed by atoms with Crippen molar-refractivity contribution < 1.29 is 14.1 Å². The van der Waals surface area contributed by atoms with E-state index in [9.17, 15) is 9.59 Å². The first kappa shape index (κ1) is 18.8. The van der Waals surface area contributed by atoms with Gasteiger partial charge in [-0.15, -0.1) is 11.8 Å². The van der Waals surface area contributed by atoms with Crippen LogP contribution in [0.1, 0.15) is 32.4 Å². The van der Waals surface area contributed by atoms with Crippen molar-refractivity contribution in [1.82, 2.24) is 15.4 Å². The lowest BCUT2D eigenvalue weighted by molar-refractivity contribution is -0.118. The zero-order chi connectivity index (χ0) is 17.5. The number of likely N-dealkylation sites (tertiary alicyclic amines) is 1. The zero-order valence-electron chi connectivity index (χ0n) is 14.5. The minimum Gasteiger partial charge on any atom is -0.360 e. The van der Waals surface area contributed by atoms with Crippen molar-refractivity contribution >= 4 is 29.4 Å². The number of amides is 2. The predicted molar refractivity (Wildman–Crippen MR) is 95.1 cm³/mol. The summed E-state index contributed by atoms with van der Waals surface area (Å²) in [5.41, 5.74) is 0. The monoisotopic (exact) mass is 354 g/mol. The number of aryl methyl sites for hydroxylation is 1. The van der Waals surface area contributed by atoms with Gasteiger partial charge in [0.2, 0.25) is 11.8 Å². The molecule has 2 rings (SSSR count). The smallest absolute Gasteiger partial charge is 0.238 e. The normalized spacial score (nSPS) is 19.2. The highest BCUT2D eigenvalue weighted by molar-refractivity contribution is 8.01. The van der Waals surface area contributed by atoms with E-state index < -0.39 is 0 Å². The standard InChI is InChI=1S/C16H26N4O3S/c1-4-20-7-5-6-13(20)9-17-15(21)10-24-12(3)16(22)18-14-8-11(2)23-19-14/h8,12-13H,4-7,9-10H2,1-3H3,(H,17,21)(H,18,19,22). The number of likely N-dealkylation sites (N-methyl/N-ethyl adjacent to an activating group) is 1. The van der Waals surface area contributed by atoms with E-state index >= 15 is 0 Å². The number of aromatic nitrogens is 1. The number of hydrogen-bond donors (Lipinski definition) is 2. The van der Waals surface area contributed by atoms with Crippen LogP contribution < -0.4 is 10.6 Å². The van der Waals surface area contributed by atoms with Crippen LogP contribution in [0.4, 0.5) is 5.82 Å². The van der Waals surface area contributed by atoms with Crippen LogP contribution in [0.25, 0.3) is 0 Å². The maximum Gasteiger partial charge on any atom is 0.238 e. The summed E-state index contributed by atoms with van der Waals surface area (Å²) in [5, 5.41) is 9.03. The van der Waals surface area contributed by atoms with Crippen molar-refractivity contribution in [2.24, 2.45) is 0 Å². The van der Waals surface area contributed by atoms with Crippen LogP contribution in [0.15, 0.2) is 10.6 Å². The van der Waals surface area contributed by atoms with Crippen molar-refractivity contribution in [2.45, 2.75) is 44.9 Å². The summed E-state index contributed by atoms with van der Waals surface area (Å²) in [6.07, 6.45) is 2.33.